The van der Waals surface area contributed by atoms with Gasteiger partial charge >= 0.3 is 18.0 Å². The summed E-state index contributed by atoms with van der Waals surface area (Å²) >= 11 is 1.76. The second-order valence-corrected chi connectivity index (χ2v) is 6.70. The minimum Gasteiger partial charge on any atom is -0.478 e. The van der Waals surface area contributed by atoms with Gasteiger partial charge < -0.3 is 19.8 Å². The van der Waals surface area contributed by atoms with Crippen LogP contribution in [0.15, 0.2) is 41.3 Å². The van der Waals surface area contributed by atoms with Crippen molar-refractivity contribution in [3.8, 4) is 0 Å². The number of hydrogen-bond donors (Lipinski definition) is 2. The van der Waals surface area contributed by atoms with E-state index in [9.17, 15) is 14.4 Å². The summed E-state index contributed by atoms with van der Waals surface area (Å²) in [5, 5.41) is 15.6. The Balaban J connectivity index is 0.000000416. The SMILES string of the molecule is CCOC(=O)N1CCN(Cc2ccc(SC)cc2)CC1.O=C(O)/C=C\C(=O)O. The summed E-state index contributed by atoms with van der Waals surface area (Å²) in [6, 6.07) is 8.69. The number of aliphatic carboxylic acids is 2. The molecule has 0 radical (unpaired) electrons. The van der Waals surface area contributed by atoms with Gasteiger partial charge in [0.1, 0.15) is 0 Å². The first kappa shape index (κ1) is 23.5. The van der Waals surface area contributed by atoms with Gasteiger partial charge in [-0.05, 0) is 30.9 Å². The van der Waals surface area contributed by atoms with E-state index < -0.39 is 11.9 Å². The molecule has 28 heavy (non-hydrogen) atoms. The van der Waals surface area contributed by atoms with Crippen LogP contribution in [0.2, 0.25) is 0 Å². The number of carbonyl (C=O) groups is 3. The first-order chi connectivity index (χ1) is 13.3. The fourth-order valence-corrected chi connectivity index (χ4v) is 2.84. The second-order valence-electron chi connectivity index (χ2n) is 5.82. The molecule has 154 valence electrons. The van der Waals surface area contributed by atoms with Gasteiger partial charge in [0.05, 0.1) is 6.61 Å². The van der Waals surface area contributed by atoms with Crippen molar-refractivity contribution in [1.82, 2.24) is 9.80 Å². The van der Waals surface area contributed by atoms with Gasteiger partial charge in [0, 0.05) is 49.8 Å². The van der Waals surface area contributed by atoms with Crippen molar-refractivity contribution in [3.05, 3.63) is 42.0 Å². The van der Waals surface area contributed by atoms with Crippen LogP contribution in [0.5, 0.6) is 0 Å². The van der Waals surface area contributed by atoms with Crippen molar-refractivity contribution in [2.24, 2.45) is 0 Å². The largest absolute Gasteiger partial charge is 0.478 e. The van der Waals surface area contributed by atoms with Crippen molar-refractivity contribution in [2.45, 2.75) is 18.4 Å². The average molecular weight is 410 g/mol. The van der Waals surface area contributed by atoms with Gasteiger partial charge in [-0.3, -0.25) is 4.90 Å². The average Bonchev–Trinajstić information content (AvgIpc) is 2.68. The Morgan fingerprint density at radius 2 is 1.57 bits per heavy atom. The maximum absolute atomic E-state index is 11.6. The van der Waals surface area contributed by atoms with Gasteiger partial charge in [-0.2, -0.15) is 0 Å². The van der Waals surface area contributed by atoms with E-state index in [4.69, 9.17) is 14.9 Å². The number of carboxylic acids is 2. The molecule has 9 heteroatoms. The molecule has 1 heterocycles. The first-order valence-corrected chi connectivity index (χ1v) is 9.99. The fourth-order valence-electron chi connectivity index (χ4n) is 2.44. The first-order valence-electron chi connectivity index (χ1n) is 8.76. The van der Waals surface area contributed by atoms with Crippen molar-refractivity contribution in [3.63, 3.8) is 0 Å². The fraction of sp³-hybridized carbons (Fsp3) is 0.421. The Morgan fingerprint density at radius 3 is 2.00 bits per heavy atom. The summed E-state index contributed by atoms with van der Waals surface area (Å²) in [7, 11) is 0. The maximum Gasteiger partial charge on any atom is 0.409 e. The number of nitrogens with zero attached hydrogens (tertiary/aromatic N) is 2. The Labute approximate surface area is 168 Å². The molecule has 0 unspecified atom stereocenters. The zero-order valence-corrected chi connectivity index (χ0v) is 16.9. The van der Waals surface area contributed by atoms with Crippen LogP contribution in [0.25, 0.3) is 0 Å². The Kier molecular flexibility index (Phi) is 10.7. The lowest BCUT2D eigenvalue weighted by Gasteiger charge is -2.34. The van der Waals surface area contributed by atoms with Crippen LogP contribution in [0, 0.1) is 0 Å². The lowest BCUT2D eigenvalue weighted by molar-refractivity contribution is -0.134. The zero-order chi connectivity index (χ0) is 20.9. The summed E-state index contributed by atoms with van der Waals surface area (Å²) in [5.41, 5.74) is 1.33. The Hall–Kier alpha value is -2.52. The molecular weight excluding hydrogens is 384 g/mol. The molecule has 0 atom stereocenters. The number of carboxylic acid groups (broad SMARTS) is 2. The molecule has 0 bridgehead atoms. The molecule has 0 aromatic heterocycles. The molecule has 2 N–H and O–H groups in total. The number of amides is 1. The number of carbonyl (C=O) groups excluding carboxylic acids is 1. The van der Waals surface area contributed by atoms with Crippen LogP contribution < -0.4 is 0 Å². The molecular formula is C19H26N2O6S. The standard InChI is InChI=1S/C15H22N2O2S.C4H4O4/c1-3-19-15(18)17-10-8-16(9-11-17)12-13-4-6-14(20-2)7-5-13;5-3(6)1-2-4(7)8/h4-7H,3,8-12H2,1-2H3;1-2H,(H,5,6)(H,7,8)/b;2-1-. The van der Waals surface area contributed by atoms with Gasteiger partial charge in [0.25, 0.3) is 0 Å². The van der Waals surface area contributed by atoms with Crippen LogP contribution in [0.4, 0.5) is 4.79 Å². The van der Waals surface area contributed by atoms with Crippen molar-refractivity contribution in [2.75, 3.05) is 39.0 Å². The third-order valence-corrected chi connectivity index (χ3v) is 4.58. The van der Waals surface area contributed by atoms with E-state index in [0.717, 1.165) is 32.7 Å². The Morgan fingerprint density at radius 1 is 1.04 bits per heavy atom. The minimum absolute atomic E-state index is 0.184. The summed E-state index contributed by atoms with van der Waals surface area (Å²) in [5.74, 6) is -2.51. The lowest BCUT2D eigenvalue weighted by atomic mass is 10.2. The molecule has 2 rings (SSSR count). The molecule has 1 fully saturated rings. The quantitative estimate of drug-likeness (QED) is 0.544. The van der Waals surface area contributed by atoms with Crippen LogP contribution in [-0.2, 0) is 20.9 Å². The van der Waals surface area contributed by atoms with E-state index in [-0.39, 0.29) is 6.09 Å². The maximum atomic E-state index is 11.6. The van der Waals surface area contributed by atoms with Crippen LogP contribution in [-0.4, -0.2) is 77.1 Å². The van der Waals surface area contributed by atoms with Gasteiger partial charge in [-0.25, -0.2) is 14.4 Å². The van der Waals surface area contributed by atoms with E-state index in [0.29, 0.717) is 18.8 Å². The Bertz CT molecular complexity index is 654. The number of ether oxygens (including phenoxy) is 1. The van der Waals surface area contributed by atoms with Crippen LogP contribution in [0.1, 0.15) is 12.5 Å². The van der Waals surface area contributed by atoms with Crippen molar-refractivity contribution < 1.29 is 29.3 Å². The molecule has 8 nitrogen and oxygen atoms in total. The highest BCUT2D eigenvalue weighted by atomic mass is 32.2. The predicted octanol–water partition coefficient (Wildman–Crippen LogP) is 2.39. The second kappa shape index (κ2) is 12.8. The topological polar surface area (TPSA) is 107 Å². The van der Waals surface area contributed by atoms with E-state index in [1.54, 1.807) is 16.7 Å². The molecule has 0 spiro atoms. The number of piperazine rings is 1. The highest BCUT2D eigenvalue weighted by Gasteiger charge is 2.21. The molecule has 1 aromatic rings. The van der Waals surface area contributed by atoms with Gasteiger partial charge in [0.15, 0.2) is 0 Å². The number of hydrogen-bond acceptors (Lipinski definition) is 6. The molecule has 1 aromatic carbocycles. The summed E-state index contributed by atoms with van der Waals surface area (Å²) in [6.07, 6.45) is 3.02. The predicted molar refractivity (Wildman–Crippen MR) is 107 cm³/mol. The molecule has 0 aliphatic carbocycles. The van der Waals surface area contributed by atoms with Crippen molar-refractivity contribution >= 4 is 29.8 Å². The van der Waals surface area contributed by atoms with Gasteiger partial charge in [0.2, 0.25) is 0 Å². The highest BCUT2D eigenvalue weighted by molar-refractivity contribution is 7.98. The smallest absolute Gasteiger partial charge is 0.409 e. The van der Waals surface area contributed by atoms with E-state index >= 15 is 0 Å². The van der Waals surface area contributed by atoms with E-state index in [1.807, 2.05) is 6.92 Å². The van der Waals surface area contributed by atoms with Crippen molar-refractivity contribution in [1.29, 1.82) is 0 Å². The normalized spacial score (nSPS) is 14.3. The lowest BCUT2D eigenvalue weighted by Crippen LogP contribution is -2.48. The number of thioether (sulfide) groups is 1. The van der Waals surface area contributed by atoms with Gasteiger partial charge in [-0.1, -0.05) is 12.1 Å². The number of benzene rings is 1. The summed E-state index contributed by atoms with van der Waals surface area (Å²) < 4.78 is 5.03. The molecule has 1 amide bonds. The highest BCUT2D eigenvalue weighted by Crippen LogP contribution is 2.16. The van der Waals surface area contributed by atoms with Gasteiger partial charge in [-0.15, -0.1) is 11.8 Å². The van der Waals surface area contributed by atoms with Crippen LogP contribution in [0.3, 0.4) is 0 Å². The summed E-state index contributed by atoms with van der Waals surface area (Å²) in [4.78, 5) is 36.2. The molecule has 1 aliphatic heterocycles. The molecule has 1 aliphatic rings. The molecule has 1 saturated heterocycles. The zero-order valence-electron chi connectivity index (χ0n) is 16.0. The third-order valence-electron chi connectivity index (χ3n) is 3.83. The van der Waals surface area contributed by atoms with E-state index in [2.05, 4.69) is 35.4 Å². The van der Waals surface area contributed by atoms with Crippen LogP contribution >= 0.6 is 11.8 Å². The summed E-state index contributed by atoms with van der Waals surface area (Å²) in [6.45, 7) is 6.55. The third kappa shape index (κ3) is 9.43. The molecule has 0 saturated carbocycles. The minimum atomic E-state index is -1.26. The number of rotatable bonds is 6. The monoisotopic (exact) mass is 410 g/mol. The van der Waals surface area contributed by atoms with E-state index in [1.165, 1.54) is 10.5 Å².